The fraction of sp³-hybridized carbons (Fsp3) is 0.226. The lowest BCUT2D eigenvalue weighted by atomic mass is 10.0. The number of nitrogens with two attached hydrogens (primary N) is 1. The highest BCUT2D eigenvalue weighted by Crippen LogP contribution is 2.59. The zero-order valence-electron chi connectivity index (χ0n) is 22.3. The highest BCUT2D eigenvalue weighted by molar-refractivity contribution is 7.17. The lowest BCUT2D eigenvalue weighted by molar-refractivity contribution is -0.137. The van der Waals surface area contributed by atoms with Gasteiger partial charge in [-0.15, -0.1) is 11.3 Å². The van der Waals surface area contributed by atoms with Crippen molar-refractivity contribution < 1.29 is 19.1 Å². The van der Waals surface area contributed by atoms with Crippen molar-refractivity contribution in [1.82, 2.24) is 10.2 Å². The molecule has 9 nitrogen and oxygen atoms in total. The monoisotopic (exact) mass is 567 g/mol. The Morgan fingerprint density at radius 2 is 1.78 bits per heavy atom. The molecule has 1 aliphatic carbocycles. The van der Waals surface area contributed by atoms with E-state index in [0.717, 1.165) is 16.5 Å². The van der Waals surface area contributed by atoms with Crippen LogP contribution in [0.25, 0.3) is 10.1 Å². The number of anilines is 1. The van der Waals surface area contributed by atoms with Gasteiger partial charge >= 0.3 is 0 Å². The fourth-order valence-corrected chi connectivity index (χ4v) is 6.55. The summed E-state index contributed by atoms with van der Waals surface area (Å²) in [6.07, 6.45) is 1.41. The number of nitrogens with one attached hydrogen (secondary N) is 3. The van der Waals surface area contributed by atoms with Gasteiger partial charge in [0.15, 0.2) is 0 Å². The molecule has 3 amide bonds. The van der Waals surface area contributed by atoms with Crippen LogP contribution in [-0.2, 0) is 9.59 Å². The number of nitrogen functional groups attached to an aromatic ring is 1. The van der Waals surface area contributed by atoms with Crippen molar-refractivity contribution in [1.29, 1.82) is 5.41 Å². The van der Waals surface area contributed by atoms with Crippen LogP contribution in [0.15, 0.2) is 78.2 Å². The predicted octanol–water partition coefficient (Wildman–Crippen LogP) is 4.73. The Morgan fingerprint density at radius 3 is 2.51 bits per heavy atom. The van der Waals surface area contributed by atoms with Gasteiger partial charge in [0, 0.05) is 38.3 Å². The molecule has 0 bridgehead atoms. The minimum absolute atomic E-state index is 0.00166. The van der Waals surface area contributed by atoms with E-state index in [0.29, 0.717) is 34.7 Å². The molecule has 2 heterocycles. The second-order valence-electron chi connectivity index (χ2n) is 10.8. The molecule has 5 N–H and O–H groups in total. The van der Waals surface area contributed by atoms with Gasteiger partial charge < -0.3 is 26.0 Å². The number of carbonyl (C=O) groups excluding carboxylic acids is 3. The summed E-state index contributed by atoms with van der Waals surface area (Å²) in [6.45, 7) is 1.89. The first-order chi connectivity index (χ1) is 19.7. The van der Waals surface area contributed by atoms with E-state index in [1.165, 1.54) is 11.3 Å². The van der Waals surface area contributed by atoms with Gasteiger partial charge in [0.25, 0.3) is 5.91 Å². The maximum absolute atomic E-state index is 13.4. The first-order valence-corrected chi connectivity index (χ1v) is 14.2. The van der Waals surface area contributed by atoms with Crippen molar-refractivity contribution in [3.8, 4) is 11.5 Å². The molecule has 3 aromatic carbocycles. The average molecular weight is 568 g/mol. The molecule has 0 spiro atoms. The molecule has 1 aliphatic heterocycles. The first-order valence-electron chi connectivity index (χ1n) is 13.3. The van der Waals surface area contributed by atoms with Crippen LogP contribution in [0.4, 0.5) is 5.69 Å². The normalized spacial score (nSPS) is 20.8. The van der Waals surface area contributed by atoms with Crippen molar-refractivity contribution >= 4 is 50.7 Å². The number of amidine groups is 1. The Labute approximate surface area is 240 Å². The highest BCUT2D eigenvalue weighted by atomic mass is 32.1. The molecule has 1 aromatic heterocycles. The number of amides is 3. The zero-order valence-corrected chi connectivity index (χ0v) is 23.2. The van der Waals surface area contributed by atoms with Crippen LogP contribution in [0.5, 0.6) is 11.5 Å². The molecular weight excluding hydrogens is 538 g/mol. The second kappa shape index (κ2) is 10.4. The molecule has 2 fully saturated rings. The van der Waals surface area contributed by atoms with Gasteiger partial charge in [-0.05, 0) is 66.8 Å². The maximum Gasteiger partial charge on any atom is 0.251 e. The lowest BCUT2D eigenvalue weighted by Crippen LogP contribution is -2.49. The molecule has 41 heavy (non-hydrogen) atoms. The molecule has 4 aromatic rings. The van der Waals surface area contributed by atoms with E-state index in [-0.39, 0.29) is 41.6 Å². The van der Waals surface area contributed by atoms with Crippen molar-refractivity contribution in [2.75, 3.05) is 11.9 Å². The van der Waals surface area contributed by atoms with Crippen LogP contribution in [0.3, 0.4) is 0 Å². The second-order valence-corrected chi connectivity index (χ2v) is 11.7. The number of ether oxygens (including phenoxy) is 1. The Kier molecular flexibility index (Phi) is 6.70. The van der Waals surface area contributed by atoms with Gasteiger partial charge in [-0.25, -0.2) is 0 Å². The molecule has 1 saturated heterocycles. The van der Waals surface area contributed by atoms with Gasteiger partial charge in [0.05, 0.1) is 6.54 Å². The molecule has 0 unspecified atom stereocenters. The van der Waals surface area contributed by atoms with Crippen molar-refractivity contribution in [3.05, 3.63) is 89.3 Å². The SMILES string of the molecule is C[C@@]12C[C@@H]1N(C(=O)CNC(=O)c1ccc(Oc3ccccc3)cc1)[C@H](C(=O)Nc1ccc3c(C(=N)N)csc3c1)C2. The molecule has 208 valence electrons. The van der Waals surface area contributed by atoms with Crippen LogP contribution in [0.1, 0.15) is 35.7 Å². The zero-order chi connectivity index (χ0) is 28.7. The number of thiophene rings is 1. The summed E-state index contributed by atoms with van der Waals surface area (Å²) in [5.41, 5.74) is 7.26. The number of carbonyl (C=O) groups is 3. The number of hydrogen-bond donors (Lipinski definition) is 4. The molecule has 10 heteroatoms. The molecular formula is C31H29N5O4S. The Balaban J connectivity index is 1.08. The average Bonchev–Trinajstić information content (AvgIpc) is 3.29. The minimum atomic E-state index is -0.621. The highest BCUT2D eigenvalue weighted by Gasteiger charge is 2.64. The number of piperidine rings is 1. The predicted molar refractivity (Wildman–Crippen MR) is 159 cm³/mol. The van der Waals surface area contributed by atoms with Gasteiger partial charge in [0.2, 0.25) is 11.8 Å². The van der Waals surface area contributed by atoms with E-state index in [9.17, 15) is 14.4 Å². The molecule has 3 atom stereocenters. The number of hydrogen-bond acceptors (Lipinski definition) is 6. The number of para-hydroxylation sites is 1. The first kappa shape index (κ1) is 26.5. The number of likely N-dealkylation sites (tertiary alicyclic amines) is 1. The van der Waals surface area contributed by atoms with Gasteiger partial charge in [-0.2, -0.15) is 0 Å². The number of fused-ring (bicyclic) bond motifs is 2. The smallest absolute Gasteiger partial charge is 0.251 e. The molecule has 1 saturated carbocycles. The van der Waals surface area contributed by atoms with E-state index in [1.54, 1.807) is 35.2 Å². The van der Waals surface area contributed by atoms with E-state index in [1.807, 2.05) is 47.8 Å². The van der Waals surface area contributed by atoms with E-state index in [4.69, 9.17) is 15.9 Å². The van der Waals surface area contributed by atoms with Gasteiger partial charge in [0.1, 0.15) is 23.4 Å². The fourth-order valence-electron chi connectivity index (χ4n) is 5.55. The van der Waals surface area contributed by atoms with Crippen molar-refractivity contribution in [2.45, 2.75) is 31.8 Å². The summed E-state index contributed by atoms with van der Waals surface area (Å²) in [5, 5.41) is 16.1. The Bertz CT molecular complexity index is 1670. The summed E-state index contributed by atoms with van der Waals surface area (Å²) in [5.74, 6) is 0.378. The molecule has 2 aliphatic rings. The largest absolute Gasteiger partial charge is 0.457 e. The number of nitrogens with zero attached hydrogens (tertiary/aromatic N) is 1. The third-order valence-electron chi connectivity index (χ3n) is 7.85. The van der Waals surface area contributed by atoms with E-state index < -0.39 is 6.04 Å². The van der Waals surface area contributed by atoms with Crippen molar-refractivity contribution in [3.63, 3.8) is 0 Å². The van der Waals surface area contributed by atoms with E-state index >= 15 is 0 Å². The topological polar surface area (TPSA) is 138 Å². The van der Waals surface area contributed by atoms with E-state index in [2.05, 4.69) is 17.6 Å². The van der Waals surface area contributed by atoms with Crippen LogP contribution in [0.2, 0.25) is 0 Å². The number of benzene rings is 3. The Morgan fingerprint density at radius 1 is 1.05 bits per heavy atom. The van der Waals surface area contributed by atoms with Gasteiger partial charge in [-0.1, -0.05) is 31.2 Å². The van der Waals surface area contributed by atoms with Crippen LogP contribution in [0, 0.1) is 10.8 Å². The molecule has 0 radical (unpaired) electrons. The summed E-state index contributed by atoms with van der Waals surface area (Å²) in [6, 6.07) is 20.9. The summed E-state index contributed by atoms with van der Waals surface area (Å²) < 4.78 is 6.68. The van der Waals surface area contributed by atoms with Crippen LogP contribution in [-0.4, -0.2) is 47.1 Å². The Hall–Kier alpha value is -4.70. The maximum atomic E-state index is 13.4. The summed E-state index contributed by atoms with van der Waals surface area (Å²) in [4.78, 5) is 41.1. The third-order valence-corrected chi connectivity index (χ3v) is 8.80. The van der Waals surface area contributed by atoms with Crippen LogP contribution < -0.4 is 21.1 Å². The van der Waals surface area contributed by atoms with Crippen molar-refractivity contribution in [2.24, 2.45) is 11.1 Å². The number of rotatable bonds is 8. The quantitative estimate of drug-likeness (QED) is 0.180. The summed E-state index contributed by atoms with van der Waals surface area (Å²) in [7, 11) is 0. The lowest BCUT2D eigenvalue weighted by Gasteiger charge is -2.27. The summed E-state index contributed by atoms with van der Waals surface area (Å²) >= 11 is 1.45. The minimum Gasteiger partial charge on any atom is -0.457 e. The third kappa shape index (κ3) is 5.26. The van der Waals surface area contributed by atoms with Crippen LogP contribution >= 0.6 is 11.3 Å². The molecule has 6 rings (SSSR count). The van der Waals surface area contributed by atoms with Gasteiger partial charge in [-0.3, -0.25) is 19.8 Å². The standard InChI is InChI=1S/C31H29N5O4S/c1-31-14-24(30(39)35-19-9-12-22-23(28(32)33)17-41-25(22)13-19)36(26(31)15-31)27(37)16-34-29(38)18-7-10-21(11-8-18)40-20-5-3-2-4-6-20/h2-13,17,24,26H,14-16H2,1H3,(H3,32,33)(H,34,38)(H,35,39)/t24-,26-,31+/m0/s1.